The monoisotopic (exact) mass is 692 g/mol. The van der Waals surface area contributed by atoms with Crippen molar-refractivity contribution in [1.82, 2.24) is 0 Å². The van der Waals surface area contributed by atoms with Gasteiger partial charge in [0.2, 0.25) is 0 Å². The summed E-state index contributed by atoms with van der Waals surface area (Å²) in [5.74, 6) is 0. The smallest absolute Gasteiger partial charge is 0.413 e. The van der Waals surface area contributed by atoms with Gasteiger partial charge in [0.15, 0.2) is 13.6 Å². The molecule has 3 aromatic rings. The zero-order chi connectivity index (χ0) is 36.5. The molecule has 3 aromatic carbocycles. The second-order valence-electron chi connectivity index (χ2n) is 11.5. The SMILES string of the molecule is CCCCOCOC(=O)Nc1cccc(NC(=O)Nc2cc(C)c(NC(=O)Nc3cccc(NC(=O)OCOCCCC)c3C)c(C)c2)c1C. The highest BCUT2D eigenvalue weighted by Crippen LogP contribution is 2.28. The van der Waals surface area contributed by atoms with Crippen LogP contribution < -0.4 is 31.9 Å². The Bertz CT molecular complexity index is 1610. The third kappa shape index (κ3) is 12.6. The van der Waals surface area contributed by atoms with Gasteiger partial charge in [0.25, 0.3) is 0 Å². The van der Waals surface area contributed by atoms with Crippen molar-refractivity contribution in [2.75, 3.05) is 58.7 Å². The topological polar surface area (TPSA) is 177 Å². The van der Waals surface area contributed by atoms with E-state index in [1.807, 2.05) is 27.7 Å². The number of carbonyl (C=O) groups is 4. The summed E-state index contributed by atoms with van der Waals surface area (Å²) in [7, 11) is 0. The lowest BCUT2D eigenvalue weighted by Gasteiger charge is -2.17. The van der Waals surface area contributed by atoms with Crippen LogP contribution in [0.1, 0.15) is 61.8 Å². The summed E-state index contributed by atoms with van der Waals surface area (Å²) < 4.78 is 20.6. The molecule has 270 valence electrons. The molecule has 0 fully saturated rings. The lowest BCUT2D eigenvalue weighted by Crippen LogP contribution is -2.23. The molecule has 0 aromatic heterocycles. The van der Waals surface area contributed by atoms with Crippen molar-refractivity contribution in [3.63, 3.8) is 0 Å². The minimum absolute atomic E-state index is 0.149. The van der Waals surface area contributed by atoms with Gasteiger partial charge >= 0.3 is 24.2 Å². The van der Waals surface area contributed by atoms with Crippen LogP contribution in [0.4, 0.5) is 53.3 Å². The van der Waals surface area contributed by atoms with E-state index in [-0.39, 0.29) is 13.6 Å². The van der Waals surface area contributed by atoms with E-state index < -0.39 is 24.2 Å². The lowest BCUT2D eigenvalue weighted by atomic mass is 10.1. The van der Waals surface area contributed by atoms with Gasteiger partial charge in [-0.15, -0.1) is 0 Å². The normalized spacial score (nSPS) is 10.5. The average molecular weight is 693 g/mol. The lowest BCUT2D eigenvalue weighted by molar-refractivity contribution is -0.0115. The molecular formula is C36H48N6O8. The predicted molar refractivity (Wildman–Crippen MR) is 195 cm³/mol. The molecular weight excluding hydrogens is 644 g/mol. The van der Waals surface area contributed by atoms with Gasteiger partial charge in [0.1, 0.15) is 0 Å². The highest BCUT2D eigenvalue weighted by Gasteiger charge is 2.15. The van der Waals surface area contributed by atoms with Gasteiger partial charge in [-0.3, -0.25) is 10.6 Å². The second kappa shape index (κ2) is 20.2. The Morgan fingerprint density at radius 1 is 0.560 bits per heavy atom. The summed E-state index contributed by atoms with van der Waals surface area (Å²) >= 11 is 0. The maximum absolute atomic E-state index is 13.0. The zero-order valence-electron chi connectivity index (χ0n) is 29.5. The van der Waals surface area contributed by atoms with Crippen LogP contribution in [0.3, 0.4) is 0 Å². The average Bonchev–Trinajstić information content (AvgIpc) is 3.06. The molecule has 0 aliphatic carbocycles. The molecule has 14 heteroatoms. The molecule has 0 radical (unpaired) electrons. The number of benzene rings is 3. The highest BCUT2D eigenvalue weighted by atomic mass is 16.7. The van der Waals surface area contributed by atoms with Crippen molar-refractivity contribution in [2.24, 2.45) is 0 Å². The van der Waals surface area contributed by atoms with Gasteiger partial charge in [-0.1, -0.05) is 38.8 Å². The summed E-state index contributed by atoms with van der Waals surface area (Å²) in [5, 5.41) is 16.6. The second-order valence-corrected chi connectivity index (χ2v) is 11.5. The van der Waals surface area contributed by atoms with Crippen LogP contribution in [-0.2, 0) is 18.9 Å². The summed E-state index contributed by atoms with van der Waals surface area (Å²) in [5.41, 5.74) is 5.72. The summed E-state index contributed by atoms with van der Waals surface area (Å²) in [6.07, 6.45) is 2.39. The van der Waals surface area contributed by atoms with E-state index in [0.29, 0.717) is 69.6 Å². The minimum Gasteiger partial charge on any atom is -0.422 e. The summed E-state index contributed by atoms with van der Waals surface area (Å²) in [4.78, 5) is 50.3. The van der Waals surface area contributed by atoms with Gasteiger partial charge in [0.05, 0.1) is 13.2 Å². The maximum Gasteiger partial charge on any atom is 0.413 e. The number of hydrogen-bond acceptors (Lipinski definition) is 8. The fourth-order valence-electron chi connectivity index (χ4n) is 4.69. The fourth-order valence-corrected chi connectivity index (χ4v) is 4.69. The predicted octanol–water partition coefficient (Wildman–Crippen LogP) is 8.85. The molecule has 0 heterocycles. The van der Waals surface area contributed by atoms with Crippen LogP contribution in [0.15, 0.2) is 48.5 Å². The van der Waals surface area contributed by atoms with Crippen molar-refractivity contribution in [1.29, 1.82) is 0 Å². The first-order valence-electron chi connectivity index (χ1n) is 16.5. The van der Waals surface area contributed by atoms with E-state index in [1.54, 1.807) is 62.4 Å². The molecule has 0 unspecified atom stereocenters. The van der Waals surface area contributed by atoms with Gasteiger partial charge in [-0.05, 0) is 99.2 Å². The molecule has 0 saturated carbocycles. The van der Waals surface area contributed by atoms with Crippen LogP contribution in [0.25, 0.3) is 0 Å². The van der Waals surface area contributed by atoms with Crippen molar-refractivity contribution < 1.29 is 38.1 Å². The number of nitrogens with one attached hydrogen (secondary N) is 6. The van der Waals surface area contributed by atoms with Crippen LogP contribution in [0.2, 0.25) is 0 Å². The van der Waals surface area contributed by atoms with Gasteiger partial charge < -0.3 is 40.2 Å². The van der Waals surface area contributed by atoms with Crippen LogP contribution in [-0.4, -0.2) is 51.0 Å². The number of anilines is 6. The number of aryl methyl sites for hydroxylation is 2. The molecule has 3 rings (SSSR count). The molecule has 6 N–H and O–H groups in total. The van der Waals surface area contributed by atoms with Crippen molar-refractivity contribution >= 4 is 58.4 Å². The fraction of sp³-hybridized carbons (Fsp3) is 0.389. The summed E-state index contributed by atoms with van der Waals surface area (Å²) in [6, 6.07) is 12.7. The maximum atomic E-state index is 13.0. The first-order valence-corrected chi connectivity index (χ1v) is 16.5. The number of rotatable bonds is 16. The van der Waals surface area contributed by atoms with Crippen LogP contribution in [0, 0.1) is 27.7 Å². The first-order chi connectivity index (χ1) is 24.0. The Balaban J connectivity index is 1.56. The molecule has 6 amide bonds. The minimum atomic E-state index is -0.665. The Hall–Kier alpha value is -5.34. The quantitative estimate of drug-likeness (QED) is 0.0637. The number of unbranched alkanes of at least 4 members (excludes halogenated alkanes) is 2. The molecule has 0 spiro atoms. The number of hydrogen-bond donors (Lipinski definition) is 6. The van der Waals surface area contributed by atoms with Gasteiger partial charge in [-0.2, -0.15) is 0 Å². The third-order valence-electron chi connectivity index (χ3n) is 7.50. The number of amides is 6. The highest BCUT2D eigenvalue weighted by molar-refractivity contribution is 6.04. The molecule has 0 saturated heterocycles. The Kier molecular flexibility index (Phi) is 15.8. The van der Waals surface area contributed by atoms with Crippen molar-refractivity contribution in [2.45, 2.75) is 67.2 Å². The zero-order valence-corrected chi connectivity index (χ0v) is 29.5. The number of ether oxygens (including phenoxy) is 4. The number of urea groups is 2. The van der Waals surface area contributed by atoms with E-state index in [0.717, 1.165) is 25.7 Å². The molecule has 50 heavy (non-hydrogen) atoms. The van der Waals surface area contributed by atoms with E-state index in [1.165, 1.54) is 0 Å². The molecule has 0 atom stereocenters. The van der Waals surface area contributed by atoms with Gasteiger partial charge in [0, 0.05) is 34.1 Å². The molecule has 0 bridgehead atoms. The van der Waals surface area contributed by atoms with E-state index in [2.05, 4.69) is 31.9 Å². The van der Waals surface area contributed by atoms with E-state index in [4.69, 9.17) is 18.9 Å². The molecule has 14 nitrogen and oxygen atoms in total. The van der Waals surface area contributed by atoms with Crippen molar-refractivity contribution in [3.8, 4) is 0 Å². The van der Waals surface area contributed by atoms with Crippen LogP contribution >= 0.6 is 0 Å². The standard InChI is InChI=1S/C36H48N6O8/c1-7-9-17-47-21-49-35(45)40-30-15-11-13-28(25(30)5)38-33(43)37-27-19-23(3)32(24(4)20-27)42-34(44)39-29-14-12-16-31(26(29)6)41-36(46)50-22-48-18-10-8-2/h11-16,19-20H,7-10,17-18,21-22H2,1-6H3,(H,40,45)(H,41,46)(H2,37,38,43)(H2,39,42,44). The van der Waals surface area contributed by atoms with Crippen LogP contribution in [0.5, 0.6) is 0 Å². The Labute approximate surface area is 293 Å². The first kappa shape index (κ1) is 39.1. The number of carbonyl (C=O) groups excluding carboxylic acids is 4. The van der Waals surface area contributed by atoms with E-state index in [9.17, 15) is 19.2 Å². The molecule has 0 aliphatic heterocycles. The Morgan fingerprint density at radius 3 is 1.38 bits per heavy atom. The third-order valence-corrected chi connectivity index (χ3v) is 7.50. The Morgan fingerprint density at radius 2 is 0.960 bits per heavy atom. The largest absolute Gasteiger partial charge is 0.422 e. The van der Waals surface area contributed by atoms with E-state index >= 15 is 0 Å². The molecule has 0 aliphatic rings. The van der Waals surface area contributed by atoms with Crippen molar-refractivity contribution in [3.05, 3.63) is 70.8 Å². The summed E-state index contributed by atoms with van der Waals surface area (Å²) in [6.45, 7) is 12.0. The van der Waals surface area contributed by atoms with Gasteiger partial charge in [-0.25, -0.2) is 19.2 Å².